The first-order valence-corrected chi connectivity index (χ1v) is 5.98. The van der Waals surface area contributed by atoms with Gasteiger partial charge in [0, 0.05) is 6.54 Å². The Balaban J connectivity index is 2.59. The number of aryl methyl sites for hydroxylation is 1. The number of fused-ring (bicyclic) bond motifs is 1. The zero-order valence-corrected chi connectivity index (χ0v) is 10.8. The van der Waals surface area contributed by atoms with E-state index in [1.54, 1.807) is 0 Å². The van der Waals surface area contributed by atoms with Gasteiger partial charge in [0.1, 0.15) is 4.60 Å². The highest BCUT2D eigenvalue weighted by Gasteiger charge is 2.22. The number of halogens is 1. The molecule has 0 atom stereocenters. The van der Waals surface area contributed by atoms with Gasteiger partial charge in [0.05, 0.1) is 17.8 Å². The summed E-state index contributed by atoms with van der Waals surface area (Å²) in [5.41, 5.74) is 7.26. The second-order valence-corrected chi connectivity index (χ2v) is 4.56. The van der Waals surface area contributed by atoms with Crippen LogP contribution < -0.4 is 10.0 Å². The van der Waals surface area contributed by atoms with Crippen LogP contribution in [0.4, 0.5) is 5.82 Å². The van der Waals surface area contributed by atoms with Gasteiger partial charge in [-0.1, -0.05) is 0 Å². The average molecular weight is 288 g/mol. The minimum Gasteiger partial charge on any atom is -0.381 e. The van der Waals surface area contributed by atoms with Crippen LogP contribution in [0.3, 0.4) is 0 Å². The molecule has 0 unspecified atom stereocenters. The summed E-state index contributed by atoms with van der Waals surface area (Å²) in [5, 5.41) is 0. The van der Waals surface area contributed by atoms with E-state index in [-0.39, 0.29) is 0 Å². The lowest BCUT2D eigenvalue weighted by Crippen LogP contribution is -2.27. The number of hydrogen-bond donors (Lipinski definition) is 1. The molecule has 0 saturated heterocycles. The van der Waals surface area contributed by atoms with Crippen LogP contribution in [-0.4, -0.2) is 22.3 Å². The van der Waals surface area contributed by atoms with E-state index < -0.39 is 0 Å². The number of aromatic nitrogens is 2. The van der Waals surface area contributed by atoms with Gasteiger partial charge in [-0.25, -0.2) is 9.97 Å². The van der Waals surface area contributed by atoms with Crippen LogP contribution in [0.15, 0.2) is 9.00 Å². The van der Waals surface area contributed by atoms with E-state index in [4.69, 9.17) is 5.73 Å². The van der Waals surface area contributed by atoms with Gasteiger partial charge in [0.15, 0.2) is 17.3 Å². The summed E-state index contributed by atoms with van der Waals surface area (Å²) in [6, 6.07) is 0. The summed E-state index contributed by atoms with van der Waals surface area (Å²) in [5.74, 6) is 1.21. The number of hydrogen-bond acceptors (Lipinski definition) is 6. The maximum absolute atomic E-state index is 5.76. The fourth-order valence-electron chi connectivity index (χ4n) is 1.22. The van der Waals surface area contributed by atoms with E-state index in [1.165, 1.54) is 12.1 Å². The van der Waals surface area contributed by atoms with Crippen molar-refractivity contribution in [3.05, 3.63) is 16.0 Å². The molecule has 0 spiro atoms. The van der Waals surface area contributed by atoms with Crippen molar-refractivity contribution in [2.75, 3.05) is 10.8 Å². The lowest BCUT2D eigenvalue weighted by atomic mass is 10.3. The molecule has 5 nitrogen and oxygen atoms in total. The number of nitrogens with zero attached hydrogens (tertiary/aromatic N) is 4. The summed E-state index contributed by atoms with van der Waals surface area (Å²) in [7, 11) is 0. The van der Waals surface area contributed by atoms with E-state index >= 15 is 0 Å². The summed E-state index contributed by atoms with van der Waals surface area (Å²) >= 11 is 4.64. The van der Waals surface area contributed by atoms with Gasteiger partial charge in [-0.15, -0.1) is 0 Å². The number of amidine groups is 1. The molecule has 1 aliphatic rings. The predicted octanol–water partition coefficient (Wildman–Crippen LogP) is 1.66. The molecule has 2 heterocycles. The molecule has 7 heteroatoms. The summed E-state index contributed by atoms with van der Waals surface area (Å²) in [6.07, 6.45) is 0. The first-order valence-electron chi connectivity index (χ1n) is 4.46. The number of rotatable bonds is 1. The molecule has 2 rings (SSSR count). The van der Waals surface area contributed by atoms with Crippen molar-refractivity contribution in [1.82, 2.24) is 9.97 Å². The van der Waals surface area contributed by atoms with Crippen LogP contribution in [0.25, 0.3) is 0 Å². The van der Waals surface area contributed by atoms with Crippen molar-refractivity contribution in [1.29, 1.82) is 0 Å². The maximum Gasteiger partial charge on any atom is 0.170 e. The van der Waals surface area contributed by atoms with E-state index in [2.05, 4.69) is 30.3 Å². The molecule has 0 bridgehead atoms. The standard InChI is InChI=1S/C8H10BrN5S/c1-3-14-8-5(7(10)13-15-14)12-6(9)4(2)11-8/h3H2,1-2H3,(H2,10,13). The van der Waals surface area contributed by atoms with Crippen LogP contribution >= 0.6 is 28.1 Å². The van der Waals surface area contributed by atoms with Gasteiger partial charge >= 0.3 is 0 Å². The Labute approximate surface area is 101 Å². The molecule has 0 amide bonds. The van der Waals surface area contributed by atoms with Gasteiger partial charge in [-0.2, -0.15) is 4.40 Å². The van der Waals surface area contributed by atoms with E-state index in [1.807, 2.05) is 18.2 Å². The zero-order valence-electron chi connectivity index (χ0n) is 8.36. The molecule has 1 aromatic heterocycles. The first kappa shape index (κ1) is 10.7. The molecule has 80 valence electrons. The highest BCUT2D eigenvalue weighted by Crippen LogP contribution is 2.30. The fraction of sp³-hybridized carbons (Fsp3) is 0.375. The lowest BCUT2D eigenvalue weighted by Gasteiger charge is -2.24. The smallest absolute Gasteiger partial charge is 0.170 e. The summed E-state index contributed by atoms with van der Waals surface area (Å²) < 4.78 is 6.77. The fourth-order valence-corrected chi connectivity index (χ4v) is 2.07. The number of anilines is 1. The largest absolute Gasteiger partial charge is 0.381 e. The molecule has 0 aliphatic carbocycles. The molecule has 15 heavy (non-hydrogen) atoms. The van der Waals surface area contributed by atoms with Gasteiger partial charge < -0.3 is 5.73 Å². The normalized spacial score (nSPS) is 14.9. The van der Waals surface area contributed by atoms with Crippen molar-refractivity contribution >= 4 is 39.7 Å². The molecule has 0 aromatic carbocycles. The Morgan fingerprint density at radius 3 is 2.87 bits per heavy atom. The first-order chi connectivity index (χ1) is 7.13. The van der Waals surface area contributed by atoms with Crippen LogP contribution in [0.5, 0.6) is 0 Å². The van der Waals surface area contributed by atoms with Crippen LogP contribution in [0, 0.1) is 6.92 Å². The monoisotopic (exact) mass is 287 g/mol. The third kappa shape index (κ3) is 1.81. The lowest BCUT2D eigenvalue weighted by molar-refractivity contribution is 0.991. The van der Waals surface area contributed by atoms with Crippen molar-refractivity contribution in [2.45, 2.75) is 13.8 Å². The molecule has 1 aliphatic heterocycles. The maximum atomic E-state index is 5.76. The van der Waals surface area contributed by atoms with Crippen molar-refractivity contribution in [3.63, 3.8) is 0 Å². The van der Waals surface area contributed by atoms with Crippen LogP contribution in [0.1, 0.15) is 18.3 Å². The molecule has 0 fully saturated rings. The van der Waals surface area contributed by atoms with E-state index in [0.717, 1.165) is 18.1 Å². The van der Waals surface area contributed by atoms with Gasteiger partial charge in [-0.3, -0.25) is 4.31 Å². The Morgan fingerprint density at radius 1 is 1.47 bits per heavy atom. The Morgan fingerprint density at radius 2 is 2.20 bits per heavy atom. The van der Waals surface area contributed by atoms with Crippen LogP contribution in [-0.2, 0) is 0 Å². The Kier molecular flexibility index (Phi) is 2.83. The summed E-state index contributed by atoms with van der Waals surface area (Å²) in [4.78, 5) is 8.79. The number of nitrogens with two attached hydrogens (primary N) is 1. The minimum absolute atomic E-state index is 0.424. The average Bonchev–Trinajstić information content (AvgIpc) is 2.22. The van der Waals surface area contributed by atoms with Gasteiger partial charge in [-0.05, 0) is 29.8 Å². The highest BCUT2D eigenvalue weighted by atomic mass is 79.9. The Hall–Kier alpha value is -0.820. The summed E-state index contributed by atoms with van der Waals surface area (Å²) in [6.45, 7) is 4.74. The third-order valence-electron chi connectivity index (χ3n) is 2.00. The van der Waals surface area contributed by atoms with E-state index in [9.17, 15) is 0 Å². The minimum atomic E-state index is 0.424. The van der Waals surface area contributed by atoms with Crippen LogP contribution in [0.2, 0.25) is 0 Å². The quantitative estimate of drug-likeness (QED) is 0.796. The zero-order chi connectivity index (χ0) is 11.0. The van der Waals surface area contributed by atoms with Gasteiger partial charge in [0.2, 0.25) is 0 Å². The second-order valence-electron chi connectivity index (χ2n) is 3.02. The SMILES string of the molecule is CCN1SN=C(N)c2nc(Br)c(C)nc21. The molecular weight excluding hydrogens is 278 g/mol. The van der Waals surface area contributed by atoms with Gasteiger partial charge in [0.25, 0.3) is 0 Å². The molecule has 1 aromatic rings. The molecule has 0 saturated carbocycles. The van der Waals surface area contributed by atoms with Crippen molar-refractivity contribution in [2.24, 2.45) is 10.1 Å². The van der Waals surface area contributed by atoms with E-state index in [0.29, 0.717) is 16.1 Å². The van der Waals surface area contributed by atoms with Crippen molar-refractivity contribution < 1.29 is 0 Å². The predicted molar refractivity (Wildman–Crippen MR) is 65.8 cm³/mol. The van der Waals surface area contributed by atoms with Crippen molar-refractivity contribution in [3.8, 4) is 0 Å². The molecule has 0 radical (unpaired) electrons. The topological polar surface area (TPSA) is 67.4 Å². The molecule has 2 N–H and O–H groups in total. The second kappa shape index (κ2) is 3.97. The highest BCUT2D eigenvalue weighted by molar-refractivity contribution is 9.10. The Bertz CT molecular complexity index is 433. The molecular formula is C8H10BrN5S. The third-order valence-corrected chi connectivity index (χ3v) is 3.66.